The minimum absolute atomic E-state index is 0.786. The molecule has 0 aromatic heterocycles. The fourth-order valence-corrected chi connectivity index (χ4v) is 27.9. The minimum atomic E-state index is -2.93. The molecule has 1 aliphatic rings. The van der Waals surface area contributed by atoms with E-state index in [0.717, 1.165) is 21.2 Å². The Morgan fingerprint density at radius 2 is 0.643 bits per heavy atom. The molecule has 0 saturated carbocycles. The Morgan fingerprint density at radius 3 is 0.905 bits per heavy atom. The molecular weight excluding hydrogens is 583 g/mol. The first kappa shape index (κ1) is 27.2. The second-order valence-corrected chi connectivity index (χ2v) is 23.0. The number of benzene rings is 6. The van der Waals surface area contributed by atoms with Crippen LogP contribution in [0.3, 0.4) is 0 Å². The van der Waals surface area contributed by atoms with E-state index in [9.17, 15) is 0 Å². The molecule has 0 radical (unpaired) electrons. The minimum Gasteiger partial charge on any atom is -0.0840 e. The Morgan fingerprint density at radius 1 is 0.381 bits per heavy atom. The van der Waals surface area contributed by atoms with Gasteiger partial charge in [-0.1, -0.05) is 177 Å². The maximum absolute atomic E-state index is 6.97. The zero-order valence-corrected chi connectivity index (χ0v) is 27.1. The van der Waals surface area contributed by atoms with Gasteiger partial charge in [0.1, 0.15) is 0 Å². The Kier molecular flexibility index (Phi) is 6.83. The number of fused-ring (bicyclic) bond motifs is 3. The van der Waals surface area contributed by atoms with Crippen molar-refractivity contribution in [1.82, 2.24) is 0 Å². The number of aryl methyl sites for hydroxylation is 2. The van der Waals surface area contributed by atoms with Crippen LogP contribution in [-0.2, 0) is 0 Å². The summed E-state index contributed by atoms with van der Waals surface area (Å²) in [5.74, 6) is 0. The second-order valence-electron chi connectivity index (χ2n) is 11.3. The van der Waals surface area contributed by atoms with Gasteiger partial charge < -0.3 is 0 Å². The molecule has 1 heterocycles. The summed E-state index contributed by atoms with van der Waals surface area (Å²) in [6.07, 6.45) is 0. The van der Waals surface area contributed by atoms with Crippen LogP contribution in [-0.4, -0.2) is 15.2 Å². The van der Waals surface area contributed by atoms with E-state index in [1.807, 2.05) is 0 Å². The third kappa shape index (κ3) is 3.79. The van der Waals surface area contributed by atoms with Gasteiger partial charge in [0.25, 0.3) is 0 Å². The molecule has 0 saturated heterocycles. The zero-order chi connectivity index (χ0) is 28.9. The third-order valence-corrected chi connectivity index (χ3v) is 26.7. The lowest BCUT2D eigenvalue weighted by molar-refractivity contribution is 1.46. The van der Waals surface area contributed by atoms with Gasteiger partial charge in [-0.3, -0.25) is 0 Å². The van der Waals surface area contributed by atoms with Crippen molar-refractivity contribution in [3.8, 4) is 11.1 Å². The number of rotatable bonds is 4. The van der Waals surface area contributed by atoms with E-state index in [4.69, 9.17) is 23.2 Å². The summed E-state index contributed by atoms with van der Waals surface area (Å²) in [5, 5.41) is 10.0. The third-order valence-electron chi connectivity index (χ3n) is 9.09. The normalized spacial score (nSPS) is 14.6. The summed E-state index contributed by atoms with van der Waals surface area (Å²) >= 11 is 13.9. The zero-order valence-electron chi connectivity index (χ0n) is 23.6. The molecule has 0 aliphatic carbocycles. The van der Waals surface area contributed by atoms with Gasteiger partial charge in [0.2, 0.25) is 0 Å². The van der Waals surface area contributed by atoms with E-state index in [1.165, 1.54) is 42.2 Å². The van der Waals surface area contributed by atoms with Gasteiger partial charge >= 0.3 is 0 Å². The highest BCUT2D eigenvalue weighted by molar-refractivity contribution is 7.68. The Labute approximate surface area is 260 Å². The van der Waals surface area contributed by atoms with Crippen molar-refractivity contribution in [1.29, 1.82) is 0 Å². The molecule has 6 aromatic carbocycles. The van der Waals surface area contributed by atoms with Gasteiger partial charge in [-0.2, -0.15) is 0 Å². The average molecular weight is 614 g/mol. The van der Waals surface area contributed by atoms with Crippen LogP contribution in [0.25, 0.3) is 11.1 Å². The lowest BCUT2D eigenvalue weighted by Crippen LogP contribution is -2.95. The smallest absolute Gasteiger partial charge is 0.0840 e. The van der Waals surface area contributed by atoms with Gasteiger partial charge in [0.05, 0.1) is 0 Å². The molecule has 42 heavy (non-hydrogen) atoms. The molecule has 0 atom stereocenters. The maximum Gasteiger partial charge on any atom is 0.155 e. The monoisotopic (exact) mass is 612 g/mol. The van der Waals surface area contributed by atoms with Crippen molar-refractivity contribution in [2.75, 3.05) is 0 Å². The van der Waals surface area contributed by atoms with Crippen molar-refractivity contribution >= 4 is 69.5 Å². The van der Waals surface area contributed by atoms with E-state index >= 15 is 0 Å². The average Bonchev–Trinajstić information content (AvgIpc) is 3.04. The summed E-state index contributed by atoms with van der Waals surface area (Å²) < 4.78 is 0. The highest BCUT2D eigenvalue weighted by atomic mass is 35.5. The van der Waals surface area contributed by atoms with Gasteiger partial charge in [-0.05, 0) is 58.6 Å². The lowest BCUT2D eigenvalue weighted by Gasteiger charge is -2.54. The fourth-order valence-electron chi connectivity index (χ4n) is 7.41. The number of halogens is 2. The van der Waals surface area contributed by atoms with Crippen LogP contribution >= 0.6 is 23.2 Å². The van der Waals surface area contributed by atoms with Crippen molar-refractivity contribution < 1.29 is 0 Å². The van der Waals surface area contributed by atoms with Crippen molar-refractivity contribution in [2.24, 2.45) is 0 Å². The summed E-state index contributed by atoms with van der Waals surface area (Å²) in [5.41, 5.74) is 4.61. The Balaban J connectivity index is 1.86. The first-order valence-electron chi connectivity index (χ1n) is 14.3. The van der Waals surface area contributed by atoms with Crippen molar-refractivity contribution in [2.45, 2.75) is 13.8 Å². The number of hydrogen-bond donors (Lipinski definition) is 0. The van der Waals surface area contributed by atoms with Gasteiger partial charge in [-0.25, -0.2) is 0 Å². The SMILES string of the molecule is Cc1cc2c(cc1Cl)-c1cc(Cl)c(C)cc1[Si](c1ccccc1)(c1ccccc1)[Si]2(c1ccccc1)c1ccccc1. The van der Waals surface area contributed by atoms with E-state index < -0.39 is 15.2 Å². The van der Waals surface area contributed by atoms with Crippen LogP contribution in [0.1, 0.15) is 11.1 Å². The van der Waals surface area contributed by atoms with Crippen LogP contribution in [0.2, 0.25) is 10.0 Å². The fraction of sp³-hybridized carbons (Fsp3) is 0.0526. The molecule has 7 rings (SSSR count). The molecule has 0 unspecified atom stereocenters. The molecular formula is C38H30Cl2Si2. The van der Waals surface area contributed by atoms with Gasteiger partial charge in [0.15, 0.2) is 15.2 Å². The van der Waals surface area contributed by atoms with Crippen LogP contribution < -0.4 is 31.1 Å². The topological polar surface area (TPSA) is 0 Å². The summed E-state index contributed by atoms with van der Waals surface area (Å²) in [4.78, 5) is 0. The molecule has 4 heteroatoms. The molecule has 0 fully saturated rings. The summed E-state index contributed by atoms with van der Waals surface area (Å²) in [6, 6.07) is 54.6. The van der Waals surface area contributed by atoms with Crippen molar-refractivity contribution in [3.05, 3.63) is 167 Å². The standard InChI is InChI=1S/C38H30Cl2Si2/c1-27-23-37-33(25-35(27)39)34-26-36(40)28(2)24-38(34)42(31-19-11-5-12-20-31,32-21-13-6-14-22-32)41(37,29-15-7-3-8-16-29)30-17-9-4-10-18-30/h3-26H,1-2H3. The summed E-state index contributed by atoms with van der Waals surface area (Å²) in [6.45, 7) is 4.29. The van der Waals surface area contributed by atoms with E-state index in [-0.39, 0.29) is 0 Å². The van der Waals surface area contributed by atoms with E-state index in [0.29, 0.717) is 0 Å². The van der Waals surface area contributed by atoms with Crippen LogP contribution in [0.15, 0.2) is 146 Å². The molecule has 6 aromatic rings. The highest BCUT2D eigenvalue weighted by Crippen LogP contribution is 2.37. The first-order valence-corrected chi connectivity index (χ1v) is 20.1. The van der Waals surface area contributed by atoms with Gasteiger partial charge in [0, 0.05) is 10.0 Å². The van der Waals surface area contributed by atoms with Crippen LogP contribution in [0, 0.1) is 13.8 Å². The predicted molar refractivity (Wildman–Crippen MR) is 186 cm³/mol. The highest BCUT2D eigenvalue weighted by Gasteiger charge is 2.64. The number of hydrogen-bond acceptors (Lipinski definition) is 0. The van der Waals surface area contributed by atoms with Crippen LogP contribution in [0.4, 0.5) is 0 Å². The molecule has 204 valence electrons. The molecule has 0 bridgehead atoms. The maximum atomic E-state index is 6.97. The Hall–Kier alpha value is -3.67. The molecule has 0 spiro atoms. The quantitative estimate of drug-likeness (QED) is 0.205. The molecule has 1 aliphatic heterocycles. The van der Waals surface area contributed by atoms with E-state index in [2.05, 4.69) is 159 Å². The predicted octanol–water partition coefficient (Wildman–Crippen LogP) is 6.31. The van der Waals surface area contributed by atoms with E-state index in [1.54, 1.807) is 0 Å². The lowest BCUT2D eigenvalue weighted by atomic mass is 10.0. The second kappa shape index (κ2) is 10.6. The van der Waals surface area contributed by atoms with Crippen LogP contribution in [0.5, 0.6) is 0 Å². The largest absolute Gasteiger partial charge is 0.155 e. The Bertz CT molecular complexity index is 1680. The van der Waals surface area contributed by atoms with Crippen molar-refractivity contribution in [3.63, 3.8) is 0 Å². The molecule has 0 nitrogen and oxygen atoms in total. The molecule has 0 amide bonds. The summed E-state index contributed by atoms with van der Waals surface area (Å²) in [7, 11) is -5.85. The first-order chi connectivity index (χ1) is 20.5. The molecule has 0 N–H and O–H groups in total. The van der Waals surface area contributed by atoms with Gasteiger partial charge in [-0.15, -0.1) is 0 Å².